The van der Waals surface area contributed by atoms with E-state index in [4.69, 9.17) is 4.74 Å². The molecule has 0 saturated heterocycles. The van der Waals surface area contributed by atoms with Gasteiger partial charge >= 0.3 is 0 Å². The van der Waals surface area contributed by atoms with Crippen LogP contribution in [0.5, 0.6) is 5.75 Å². The van der Waals surface area contributed by atoms with Crippen LogP contribution in [0.3, 0.4) is 0 Å². The van der Waals surface area contributed by atoms with E-state index < -0.39 is 20.0 Å². The monoisotopic (exact) mass is 446 g/mol. The van der Waals surface area contributed by atoms with Crippen LogP contribution in [0.1, 0.15) is 11.1 Å². The summed E-state index contributed by atoms with van der Waals surface area (Å²) in [5.41, 5.74) is 2.28. The van der Waals surface area contributed by atoms with Crippen molar-refractivity contribution < 1.29 is 21.6 Å². The maximum Gasteiger partial charge on any atom is 0.261 e. The Morgan fingerprint density at radius 3 is 2.17 bits per heavy atom. The van der Waals surface area contributed by atoms with Crippen molar-refractivity contribution in [2.24, 2.45) is 0 Å². The molecule has 3 rings (SSSR count). The SMILES string of the molecule is COc1cccc(NS(=O)(=O)c2ccc(NS(=O)(=O)Cc3cccc(C)c3)cc2)c1. The van der Waals surface area contributed by atoms with Crippen LogP contribution in [-0.4, -0.2) is 23.9 Å². The van der Waals surface area contributed by atoms with Crippen molar-refractivity contribution in [2.45, 2.75) is 17.6 Å². The summed E-state index contributed by atoms with van der Waals surface area (Å²) >= 11 is 0. The summed E-state index contributed by atoms with van der Waals surface area (Å²) < 4.78 is 60.0. The number of sulfonamides is 2. The summed E-state index contributed by atoms with van der Waals surface area (Å²) in [7, 11) is -5.98. The molecule has 0 aliphatic rings. The van der Waals surface area contributed by atoms with Crippen molar-refractivity contribution in [3.63, 3.8) is 0 Å². The summed E-state index contributed by atoms with van der Waals surface area (Å²) in [4.78, 5) is 0.00644. The normalized spacial score (nSPS) is 11.7. The minimum absolute atomic E-state index is 0.00644. The highest BCUT2D eigenvalue weighted by atomic mass is 32.2. The van der Waals surface area contributed by atoms with Gasteiger partial charge in [0.05, 0.1) is 23.4 Å². The smallest absolute Gasteiger partial charge is 0.261 e. The first-order valence-electron chi connectivity index (χ1n) is 9.00. The third-order valence-corrected chi connectivity index (χ3v) is 6.86. The van der Waals surface area contributed by atoms with Gasteiger partial charge in [0.25, 0.3) is 10.0 Å². The first kappa shape index (κ1) is 21.7. The van der Waals surface area contributed by atoms with Crippen molar-refractivity contribution >= 4 is 31.4 Å². The zero-order valence-corrected chi connectivity index (χ0v) is 18.1. The van der Waals surface area contributed by atoms with E-state index >= 15 is 0 Å². The highest BCUT2D eigenvalue weighted by Gasteiger charge is 2.16. The number of anilines is 2. The van der Waals surface area contributed by atoms with Crippen LogP contribution in [0.15, 0.2) is 77.7 Å². The Bertz CT molecular complexity index is 1240. The van der Waals surface area contributed by atoms with E-state index in [1.54, 1.807) is 42.5 Å². The van der Waals surface area contributed by atoms with Gasteiger partial charge in [0.2, 0.25) is 10.0 Å². The van der Waals surface area contributed by atoms with Crippen molar-refractivity contribution in [1.82, 2.24) is 0 Å². The lowest BCUT2D eigenvalue weighted by Crippen LogP contribution is -2.16. The Balaban J connectivity index is 1.72. The van der Waals surface area contributed by atoms with Crippen molar-refractivity contribution in [3.8, 4) is 5.75 Å². The predicted octanol–water partition coefficient (Wildman–Crippen LogP) is 3.75. The van der Waals surface area contributed by atoms with Crippen LogP contribution in [0, 0.1) is 6.92 Å². The van der Waals surface area contributed by atoms with E-state index in [9.17, 15) is 16.8 Å². The van der Waals surface area contributed by atoms with Crippen LogP contribution in [-0.2, 0) is 25.8 Å². The average molecular weight is 447 g/mol. The zero-order chi connectivity index (χ0) is 21.8. The molecule has 0 amide bonds. The van der Waals surface area contributed by atoms with E-state index in [-0.39, 0.29) is 16.3 Å². The third kappa shape index (κ3) is 5.74. The molecule has 3 aromatic rings. The first-order valence-corrected chi connectivity index (χ1v) is 12.1. The molecular weight excluding hydrogens is 424 g/mol. The highest BCUT2D eigenvalue weighted by Crippen LogP contribution is 2.22. The molecule has 0 radical (unpaired) electrons. The average Bonchev–Trinajstić information content (AvgIpc) is 2.67. The molecule has 0 unspecified atom stereocenters. The molecule has 7 nitrogen and oxygen atoms in total. The van der Waals surface area contributed by atoms with Gasteiger partial charge < -0.3 is 4.74 Å². The summed E-state index contributed by atoms with van der Waals surface area (Å²) in [5.74, 6) is 0.347. The molecule has 30 heavy (non-hydrogen) atoms. The molecule has 0 aliphatic heterocycles. The van der Waals surface area contributed by atoms with E-state index in [1.807, 2.05) is 13.0 Å². The van der Waals surface area contributed by atoms with Gasteiger partial charge in [0.15, 0.2) is 0 Å². The van der Waals surface area contributed by atoms with Gasteiger partial charge in [-0.3, -0.25) is 9.44 Å². The van der Waals surface area contributed by atoms with Crippen LogP contribution in [0.4, 0.5) is 11.4 Å². The van der Waals surface area contributed by atoms with Gasteiger partial charge in [-0.05, 0) is 48.9 Å². The van der Waals surface area contributed by atoms with Gasteiger partial charge in [-0.2, -0.15) is 0 Å². The summed E-state index contributed by atoms with van der Waals surface area (Å²) in [5, 5.41) is 0. The van der Waals surface area contributed by atoms with Gasteiger partial charge in [-0.15, -0.1) is 0 Å². The number of hydrogen-bond donors (Lipinski definition) is 2. The van der Waals surface area contributed by atoms with Crippen molar-refractivity contribution in [3.05, 3.63) is 83.9 Å². The second-order valence-electron chi connectivity index (χ2n) is 6.71. The summed E-state index contributed by atoms with van der Waals surface area (Å²) in [6.07, 6.45) is 0. The Kier molecular flexibility index (Phi) is 6.33. The largest absolute Gasteiger partial charge is 0.497 e. The van der Waals surface area contributed by atoms with Gasteiger partial charge in [-0.25, -0.2) is 16.8 Å². The first-order chi connectivity index (χ1) is 14.2. The topological polar surface area (TPSA) is 102 Å². The van der Waals surface area contributed by atoms with Crippen LogP contribution < -0.4 is 14.2 Å². The number of rotatable bonds is 8. The second-order valence-corrected chi connectivity index (χ2v) is 10.1. The van der Waals surface area contributed by atoms with Crippen LogP contribution in [0.25, 0.3) is 0 Å². The molecule has 0 heterocycles. The summed E-state index contributed by atoms with van der Waals surface area (Å²) in [6, 6.07) is 19.3. The molecule has 2 N–H and O–H groups in total. The lowest BCUT2D eigenvalue weighted by Gasteiger charge is -2.11. The van der Waals surface area contributed by atoms with E-state index in [0.29, 0.717) is 17.0 Å². The minimum Gasteiger partial charge on any atom is -0.497 e. The van der Waals surface area contributed by atoms with Crippen LogP contribution >= 0.6 is 0 Å². The highest BCUT2D eigenvalue weighted by molar-refractivity contribution is 7.92. The van der Waals surface area contributed by atoms with E-state index in [1.165, 1.54) is 31.4 Å². The fraction of sp³-hybridized carbons (Fsp3) is 0.143. The zero-order valence-electron chi connectivity index (χ0n) is 16.5. The number of hydrogen-bond acceptors (Lipinski definition) is 5. The molecule has 0 bridgehead atoms. The third-order valence-electron chi connectivity index (χ3n) is 4.20. The molecule has 9 heteroatoms. The number of benzene rings is 3. The van der Waals surface area contributed by atoms with Gasteiger partial charge in [0.1, 0.15) is 5.75 Å². The maximum absolute atomic E-state index is 12.6. The number of ether oxygens (including phenoxy) is 1. The quantitative estimate of drug-likeness (QED) is 0.549. The molecule has 0 aromatic heterocycles. The molecule has 3 aromatic carbocycles. The van der Waals surface area contributed by atoms with E-state index in [0.717, 1.165) is 5.56 Å². The Labute approximate surface area is 176 Å². The Morgan fingerprint density at radius 1 is 0.800 bits per heavy atom. The molecule has 0 aliphatic carbocycles. The second kappa shape index (κ2) is 8.76. The van der Waals surface area contributed by atoms with Crippen LogP contribution in [0.2, 0.25) is 0 Å². The molecule has 0 atom stereocenters. The number of nitrogens with one attached hydrogen (secondary N) is 2. The molecule has 158 valence electrons. The lowest BCUT2D eigenvalue weighted by molar-refractivity contribution is 0.415. The van der Waals surface area contributed by atoms with Crippen molar-refractivity contribution in [1.29, 1.82) is 0 Å². The fourth-order valence-electron chi connectivity index (χ4n) is 2.84. The molecule has 0 fully saturated rings. The Morgan fingerprint density at radius 2 is 1.50 bits per heavy atom. The van der Waals surface area contributed by atoms with Crippen molar-refractivity contribution in [2.75, 3.05) is 16.6 Å². The number of methoxy groups -OCH3 is 1. The minimum atomic E-state index is -3.83. The number of aryl methyl sites for hydroxylation is 1. The molecular formula is C21H22N2O5S2. The standard InChI is InChI=1S/C21H22N2O5S2/c1-16-5-3-6-17(13-16)15-29(24,25)22-18-9-11-21(12-10-18)30(26,27)23-19-7-4-8-20(14-19)28-2/h3-14,22-23H,15H2,1-2H3. The van der Waals surface area contributed by atoms with Gasteiger partial charge in [-0.1, -0.05) is 35.9 Å². The summed E-state index contributed by atoms with van der Waals surface area (Å²) in [6.45, 7) is 1.89. The maximum atomic E-state index is 12.6. The van der Waals surface area contributed by atoms with Gasteiger partial charge in [0, 0.05) is 11.8 Å². The Hall–Kier alpha value is -3.04. The molecule has 0 saturated carbocycles. The van der Waals surface area contributed by atoms with E-state index in [2.05, 4.69) is 9.44 Å². The molecule has 0 spiro atoms. The fourth-order valence-corrected chi connectivity index (χ4v) is 5.08. The lowest BCUT2D eigenvalue weighted by atomic mass is 10.2. The predicted molar refractivity (Wildman–Crippen MR) is 118 cm³/mol.